The van der Waals surface area contributed by atoms with Gasteiger partial charge in [0.25, 0.3) is 0 Å². The van der Waals surface area contributed by atoms with Crippen LogP contribution in [0.3, 0.4) is 0 Å². The maximum Gasteiger partial charge on any atom is 0.573 e. The Morgan fingerprint density at radius 1 is 1.11 bits per heavy atom. The number of ether oxygens (including phenoxy) is 1. The van der Waals surface area contributed by atoms with Crippen LogP contribution in [0.5, 0.6) is 5.75 Å². The van der Waals surface area contributed by atoms with E-state index in [2.05, 4.69) is 9.46 Å². The molecule has 0 radical (unpaired) electrons. The minimum Gasteiger partial charge on any atom is -0.404 e. The Morgan fingerprint density at radius 2 is 1.74 bits per heavy atom. The van der Waals surface area contributed by atoms with E-state index in [4.69, 9.17) is 5.26 Å². The SMILES string of the molecule is N#C/C=C/[C@@H](Cc1ccccc1)NS(=O)(=O)c1ccccc1OC(F)(F)F. The lowest BCUT2D eigenvalue weighted by atomic mass is 10.1. The van der Waals surface area contributed by atoms with Crippen LogP contribution in [0.25, 0.3) is 0 Å². The molecule has 0 aliphatic carbocycles. The van der Waals surface area contributed by atoms with E-state index >= 15 is 0 Å². The molecule has 0 bridgehead atoms. The smallest absolute Gasteiger partial charge is 0.404 e. The lowest BCUT2D eigenvalue weighted by Gasteiger charge is -2.18. The van der Waals surface area contributed by atoms with E-state index < -0.39 is 33.1 Å². The molecule has 1 atom stereocenters. The molecule has 0 saturated heterocycles. The van der Waals surface area contributed by atoms with Gasteiger partial charge in [0, 0.05) is 12.1 Å². The molecule has 0 aliphatic rings. The summed E-state index contributed by atoms with van der Waals surface area (Å²) >= 11 is 0. The highest BCUT2D eigenvalue weighted by molar-refractivity contribution is 7.89. The quantitative estimate of drug-likeness (QED) is 0.726. The Balaban J connectivity index is 2.31. The van der Waals surface area contributed by atoms with Gasteiger partial charge in [-0.2, -0.15) is 5.26 Å². The second kappa shape index (κ2) is 8.70. The van der Waals surface area contributed by atoms with Gasteiger partial charge in [0.15, 0.2) is 0 Å². The summed E-state index contributed by atoms with van der Waals surface area (Å²) in [4.78, 5) is -0.647. The summed E-state index contributed by atoms with van der Waals surface area (Å²) < 4.78 is 69.0. The number of nitriles is 1. The molecule has 0 saturated carbocycles. The number of nitrogens with zero attached hydrogens (tertiary/aromatic N) is 1. The molecule has 1 N–H and O–H groups in total. The van der Waals surface area contributed by atoms with Gasteiger partial charge in [-0.25, -0.2) is 13.1 Å². The minimum absolute atomic E-state index is 0.209. The van der Waals surface area contributed by atoms with Gasteiger partial charge in [-0.05, 0) is 24.1 Å². The molecule has 0 spiro atoms. The number of allylic oxidation sites excluding steroid dienone is 1. The van der Waals surface area contributed by atoms with E-state index in [1.165, 1.54) is 18.2 Å². The van der Waals surface area contributed by atoms with Gasteiger partial charge in [0.2, 0.25) is 10.0 Å². The van der Waals surface area contributed by atoms with E-state index in [-0.39, 0.29) is 6.42 Å². The van der Waals surface area contributed by atoms with Crippen molar-refractivity contribution in [2.75, 3.05) is 0 Å². The molecule has 27 heavy (non-hydrogen) atoms. The first-order chi connectivity index (χ1) is 12.7. The molecular weight excluding hydrogens is 381 g/mol. The van der Waals surface area contributed by atoms with Crippen LogP contribution in [-0.4, -0.2) is 20.8 Å². The fourth-order valence-corrected chi connectivity index (χ4v) is 3.64. The molecule has 0 heterocycles. The van der Waals surface area contributed by atoms with Gasteiger partial charge in [-0.1, -0.05) is 48.5 Å². The van der Waals surface area contributed by atoms with Gasteiger partial charge in [-0.15, -0.1) is 13.2 Å². The number of hydrogen-bond acceptors (Lipinski definition) is 4. The van der Waals surface area contributed by atoms with E-state index in [0.717, 1.165) is 23.8 Å². The molecule has 5 nitrogen and oxygen atoms in total. The number of rotatable bonds is 7. The monoisotopic (exact) mass is 396 g/mol. The third-order valence-corrected chi connectivity index (χ3v) is 4.90. The van der Waals surface area contributed by atoms with Crippen molar-refractivity contribution in [3.05, 3.63) is 72.3 Å². The Bertz CT molecular complexity index is 936. The highest BCUT2D eigenvalue weighted by Crippen LogP contribution is 2.29. The van der Waals surface area contributed by atoms with E-state index in [0.29, 0.717) is 0 Å². The molecule has 9 heteroatoms. The van der Waals surface area contributed by atoms with Crippen molar-refractivity contribution in [1.29, 1.82) is 5.26 Å². The van der Waals surface area contributed by atoms with E-state index in [1.807, 2.05) is 0 Å². The first kappa shape index (κ1) is 20.5. The van der Waals surface area contributed by atoms with Crippen molar-refractivity contribution in [2.45, 2.75) is 23.7 Å². The summed E-state index contributed by atoms with van der Waals surface area (Å²) in [7, 11) is -4.35. The number of hydrogen-bond donors (Lipinski definition) is 1. The third kappa shape index (κ3) is 6.44. The fourth-order valence-electron chi connectivity index (χ4n) is 2.32. The standard InChI is InChI=1S/C18H15F3N2O3S/c19-18(20,21)26-16-10-4-5-11-17(16)27(24,25)23-15(9-6-12-22)13-14-7-2-1-3-8-14/h1-11,15,23H,13H2/b9-6+/t15-/m0/s1. The van der Waals surface area contributed by atoms with Crippen LogP contribution in [0.4, 0.5) is 13.2 Å². The average Bonchev–Trinajstić information content (AvgIpc) is 2.59. The predicted octanol–water partition coefficient (Wildman–Crippen LogP) is 3.55. The first-order valence-electron chi connectivity index (χ1n) is 7.68. The third-order valence-electron chi connectivity index (χ3n) is 3.37. The maximum atomic E-state index is 12.6. The molecular formula is C18H15F3N2O3S. The molecule has 0 aromatic heterocycles. The maximum absolute atomic E-state index is 12.6. The molecule has 0 amide bonds. The number of benzene rings is 2. The molecule has 2 rings (SSSR count). The molecule has 142 valence electrons. The minimum atomic E-state index is -5.03. The average molecular weight is 396 g/mol. The van der Waals surface area contributed by atoms with Crippen LogP contribution in [0.15, 0.2) is 71.6 Å². The van der Waals surface area contributed by atoms with Crippen molar-refractivity contribution < 1.29 is 26.3 Å². The zero-order chi connectivity index (χ0) is 19.9. The van der Waals surface area contributed by atoms with Crippen molar-refractivity contribution >= 4 is 10.0 Å². The number of alkyl halides is 3. The summed E-state index contributed by atoms with van der Waals surface area (Å²) in [5.74, 6) is -0.833. The molecule has 0 unspecified atom stereocenters. The van der Waals surface area contributed by atoms with Crippen molar-refractivity contribution in [2.24, 2.45) is 0 Å². The van der Waals surface area contributed by atoms with E-state index in [9.17, 15) is 21.6 Å². The highest BCUT2D eigenvalue weighted by Gasteiger charge is 2.34. The topological polar surface area (TPSA) is 79.2 Å². The van der Waals surface area contributed by atoms with Crippen LogP contribution in [0, 0.1) is 11.3 Å². The van der Waals surface area contributed by atoms with Gasteiger partial charge in [0.1, 0.15) is 10.6 Å². The van der Waals surface area contributed by atoms with Crippen LogP contribution in [-0.2, 0) is 16.4 Å². The van der Waals surface area contributed by atoms with Crippen molar-refractivity contribution in [1.82, 2.24) is 4.72 Å². The molecule has 2 aromatic rings. The zero-order valence-electron chi connectivity index (χ0n) is 13.8. The number of halogens is 3. The van der Waals surface area contributed by atoms with Crippen LogP contribution < -0.4 is 9.46 Å². The number of nitrogens with one attached hydrogen (secondary N) is 1. The van der Waals surface area contributed by atoms with Gasteiger partial charge >= 0.3 is 6.36 Å². The number of sulfonamides is 1. The van der Waals surface area contributed by atoms with Crippen LogP contribution in [0.2, 0.25) is 0 Å². The van der Waals surface area contributed by atoms with Crippen LogP contribution >= 0.6 is 0 Å². The summed E-state index contributed by atoms with van der Waals surface area (Å²) in [5.41, 5.74) is 0.785. The lowest BCUT2D eigenvalue weighted by Crippen LogP contribution is -2.35. The highest BCUT2D eigenvalue weighted by atomic mass is 32.2. The summed E-state index contributed by atoms with van der Waals surface area (Å²) in [6.45, 7) is 0. The number of para-hydroxylation sites is 1. The predicted molar refractivity (Wildman–Crippen MR) is 92.1 cm³/mol. The Labute approximate surface area is 154 Å². The second-order valence-corrected chi connectivity index (χ2v) is 7.08. The Kier molecular flexibility index (Phi) is 6.60. The molecule has 0 aliphatic heterocycles. The Morgan fingerprint density at radius 3 is 2.37 bits per heavy atom. The van der Waals surface area contributed by atoms with E-state index in [1.54, 1.807) is 36.4 Å². The zero-order valence-corrected chi connectivity index (χ0v) is 14.7. The first-order valence-corrected chi connectivity index (χ1v) is 9.17. The van der Waals surface area contributed by atoms with Gasteiger partial charge in [-0.3, -0.25) is 0 Å². The lowest BCUT2D eigenvalue weighted by molar-refractivity contribution is -0.275. The normalized spacial score (nSPS) is 13.3. The fraction of sp³-hybridized carbons (Fsp3) is 0.167. The van der Waals surface area contributed by atoms with Crippen molar-refractivity contribution in [3.8, 4) is 11.8 Å². The largest absolute Gasteiger partial charge is 0.573 e. The van der Waals surface area contributed by atoms with Gasteiger partial charge < -0.3 is 4.74 Å². The molecule has 2 aromatic carbocycles. The summed E-state index contributed by atoms with van der Waals surface area (Å²) in [6.07, 6.45) is -2.39. The van der Waals surface area contributed by atoms with Crippen LogP contribution in [0.1, 0.15) is 5.56 Å². The summed E-state index contributed by atoms with van der Waals surface area (Å²) in [5, 5.41) is 8.71. The Hall–Kier alpha value is -2.83. The second-order valence-electron chi connectivity index (χ2n) is 5.40. The van der Waals surface area contributed by atoms with Gasteiger partial charge in [0.05, 0.1) is 6.07 Å². The van der Waals surface area contributed by atoms with Crippen molar-refractivity contribution in [3.63, 3.8) is 0 Å². The molecule has 0 fully saturated rings. The summed E-state index contributed by atoms with van der Waals surface area (Å²) in [6, 6.07) is 14.2.